The van der Waals surface area contributed by atoms with Crippen LogP contribution >= 0.6 is 7.82 Å². The van der Waals surface area contributed by atoms with E-state index in [2.05, 4.69) is 0 Å². The highest BCUT2D eigenvalue weighted by Gasteiger charge is 2.21. The summed E-state index contributed by atoms with van der Waals surface area (Å²) in [4.78, 5) is 20.5. The van der Waals surface area contributed by atoms with Crippen molar-refractivity contribution in [3.05, 3.63) is 0 Å². The summed E-state index contributed by atoms with van der Waals surface area (Å²) in [6.07, 6.45) is 2.38. The van der Waals surface area contributed by atoms with Gasteiger partial charge < -0.3 is 14.1 Å². The molecule has 0 aliphatic carbocycles. The van der Waals surface area contributed by atoms with Gasteiger partial charge in [0.25, 0.3) is 0 Å². The van der Waals surface area contributed by atoms with E-state index in [1.807, 2.05) is 21.1 Å². The van der Waals surface area contributed by atoms with Crippen molar-refractivity contribution in [3.63, 3.8) is 0 Å². The van der Waals surface area contributed by atoms with Gasteiger partial charge in [0.1, 0.15) is 13.2 Å². The zero-order chi connectivity index (χ0) is 16.4. The van der Waals surface area contributed by atoms with Crippen molar-refractivity contribution in [2.75, 3.05) is 47.5 Å². The monoisotopic (exact) mass is 326 g/mol. The van der Waals surface area contributed by atoms with Crippen LogP contribution in [0.1, 0.15) is 32.6 Å². The van der Waals surface area contributed by atoms with Crippen LogP contribution in [0.3, 0.4) is 0 Å². The van der Waals surface area contributed by atoms with Crippen LogP contribution in [0.25, 0.3) is 0 Å². The normalized spacial score (nSPS) is 14.7. The Balaban J connectivity index is 3.61. The molecule has 21 heavy (non-hydrogen) atoms. The molecular formula is C13H29NO6P+. The van der Waals surface area contributed by atoms with Crippen molar-refractivity contribution in [3.8, 4) is 0 Å². The van der Waals surface area contributed by atoms with E-state index < -0.39 is 7.82 Å². The van der Waals surface area contributed by atoms with E-state index in [0.717, 1.165) is 6.42 Å². The third-order valence-corrected chi connectivity index (χ3v) is 3.62. The SMILES string of the molecule is CCOC(=O)CCCCCOP(=O)(O)OCC[N+](C)(C)C. The molecule has 0 amide bonds. The van der Waals surface area contributed by atoms with Crippen LogP contribution in [-0.2, 0) is 23.1 Å². The van der Waals surface area contributed by atoms with E-state index in [0.29, 0.717) is 36.9 Å². The number of ether oxygens (including phenoxy) is 1. The molecule has 7 nitrogen and oxygen atoms in total. The van der Waals surface area contributed by atoms with Crippen molar-refractivity contribution >= 4 is 13.8 Å². The molecule has 0 heterocycles. The van der Waals surface area contributed by atoms with Gasteiger partial charge in [0, 0.05) is 6.42 Å². The molecule has 0 aliphatic heterocycles. The lowest BCUT2D eigenvalue weighted by Crippen LogP contribution is -2.37. The molecule has 0 bridgehead atoms. The van der Waals surface area contributed by atoms with Crippen LogP contribution < -0.4 is 0 Å². The second-order valence-electron chi connectivity index (χ2n) is 5.76. The number of quaternary nitrogens is 1. The maximum absolute atomic E-state index is 11.6. The average molecular weight is 326 g/mol. The molecule has 0 aromatic rings. The zero-order valence-electron chi connectivity index (χ0n) is 13.5. The first-order chi connectivity index (χ1) is 9.66. The Hall–Kier alpha value is -0.460. The minimum Gasteiger partial charge on any atom is -0.466 e. The van der Waals surface area contributed by atoms with Gasteiger partial charge in [-0.3, -0.25) is 13.8 Å². The van der Waals surface area contributed by atoms with Gasteiger partial charge in [0.2, 0.25) is 0 Å². The Morgan fingerprint density at radius 2 is 1.71 bits per heavy atom. The third kappa shape index (κ3) is 14.2. The topological polar surface area (TPSA) is 82.1 Å². The number of hydrogen-bond donors (Lipinski definition) is 1. The summed E-state index contributed by atoms with van der Waals surface area (Å²) in [6.45, 7) is 3.08. The molecule has 0 saturated heterocycles. The molecule has 0 rings (SSSR count). The lowest BCUT2D eigenvalue weighted by atomic mass is 10.2. The Bertz CT molecular complexity index is 342. The molecule has 126 valence electrons. The molecule has 8 heteroatoms. The number of phosphoric ester groups is 1. The number of esters is 1. The van der Waals surface area contributed by atoms with E-state index in [1.54, 1.807) is 6.92 Å². The fraction of sp³-hybridized carbons (Fsp3) is 0.923. The Morgan fingerprint density at radius 1 is 1.10 bits per heavy atom. The molecule has 1 atom stereocenters. The van der Waals surface area contributed by atoms with Gasteiger partial charge in [-0.25, -0.2) is 4.57 Å². The number of carbonyl (C=O) groups excluding carboxylic acids is 1. The lowest BCUT2D eigenvalue weighted by molar-refractivity contribution is -0.870. The van der Waals surface area contributed by atoms with Gasteiger partial charge in [-0.2, -0.15) is 0 Å². The molecule has 0 radical (unpaired) electrons. The average Bonchev–Trinajstić information content (AvgIpc) is 2.32. The molecule has 1 unspecified atom stereocenters. The molecule has 0 aromatic carbocycles. The molecule has 0 saturated carbocycles. The summed E-state index contributed by atoms with van der Waals surface area (Å²) in [7, 11) is 1.95. The zero-order valence-corrected chi connectivity index (χ0v) is 14.4. The van der Waals surface area contributed by atoms with E-state index in [1.165, 1.54) is 0 Å². The van der Waals surface area contributed by atoms with Gasteiger partial charge in [0.05, 0.1) is 34.4 Å². The highest BCUT2D eigenvalue weighted by Crippen LogP contribution is 2.43. The smallest absolute Gasteiger partial charge is 0.466 e. The van der Waals surface area contributed by atoms with E-state index >= 15 is 0 Å². The highest BCUT2D eigenvalue weighted by atomic mass is 31.2. The van der Waals surface area contributed by atoms with Crippen LogP contribution in [0.5, 0.6) is 0 Å². The van der Waals surface area contributed by atoms with Crippen LogP contribution in [0, 0.1) is 0 Å². The molecule has 0 aromatic heterocycles. The fourth-order valence-corrected chi connectivity index (χ4v) is 2.18. The lowest BCUT2D eigenvalue weighted by Gasteiger charge is -2.24. The second kappa shape index (κ2) is 10.3. The predicted molar refractivity (Wildman–Crippen MR) is 79.7 cm³/mol. The minimum atomic E-state index is -3.96. The standard InChI is InChI=1S/C13H28NO6P/c1-5-18-13(15)9-7-6-8-11-19-21(16,17)20-12-10-14(2,3)4/h5-12H2,1-4H3/p+1. The third-order valence-electron chi connectivity index (χ3n) is 2.60. The summed E-state index contributed by atoms with van der Waals surface area (Å²) in [5.41, 5.74) is 0. The maximum Gasteiger partial charge on any atom is 0.472 e. The molecule has 1 N–H and O–H groups in total. The van der Waals surface area contributed by atoms with Crippen LogP contribution in [0.4, 0.5) is 0 Å². The summed E-state index contributed by atoms with van der Waals surface area (Å²) in [6, 6.07) is 0. The molecule has 0 spiro atoms. The molecular weight excluding hydrogens is 297 g/mol. The first kappa shape index (κ1) is 20.5. The van der Waals surface area contributed by atoms with E-state index in [9.17, 15) is 14.3 Å². The Morgan fingerprint density at radius 3 is 2.29 bits per heavy atom. The minimum absolute atomic E-state index is 0.140. The van der Waals surface area contributed by atoms with Crippen molar-refractivity contribution in [1.82, 2.24) is 0 Å². The fourth-order valence-electron chi connectivity index (χ4n) is 1.43. The number of unbranched alkanes of at least 4 members (excludes halogenated alkanes) is 2. The van der Waals surface area contributed by atoms with Gasteiger partial charge in [0.15, 0.2) is 0 Å². The summed E-state index contributed by atoms with van der Waals surface area (Å²) >= 11 is 0. The summed E-state index contributed by atoms with van der Waals surface area (Å²) in [5.74, 6) is -0.213. The number of likely N-dealkylation sites (N-methyl/N-ethyl adjacent to an activating group) is 1. The number of phosphoric acid groups is 1. The second-order valence-corrected chi connectivity index (χ2v) is 7.22. The number of hydrogen-bond acceptors (Lipinski definition) is 5. The largest absolute Gasteiger partial charge is 0.472 e. The van der Waals surface area contributed by atoms with E-state index in [-0.39, 0.29) is 19.2 Å². The van der Waals surface area contributed by atoms with Crippen molar-refractivity contribution in [1.29, 1.82) is 0 Å². The summed E-state index contributed by atoms with van der Waals surface area (Å²) < 4.78 is 26.7. The van der Waals surface area contributed by atoms with Gasteiger partial charge in [-0.05, 0) is 19.8 Å². The predicted octanol–water partition coefficient (Wildman–Crippen LogP) is 1.95. The van der Waals surface area contributed by atoms with Crippen molar-refractivity contribution < 1.29 is 32.5 Å². The Kier molecular flexibility index (Phi) is 10.1. The van der Waals surface area contributed by atoms with Crippen LogP contribution in [0.2, 0.25) is 0 Å². The number of rotatable bonds is 12. The molecule has 0 aliphatic rings. The van der Waals surface area contributed by atoms with E-state index in [4.69, 9.17) is 13.8 Å². The van der Waals surface area contributed by atoms with Crippen LogP contribution in [0.15, 0.2) is 0 Å². The number of nitrogens with zero attached hydrogens (tertiary/aromatic N) is 1. The first-order valence-corrected chi connectivity index (χ1v) is 8.74. The highest BCUT2D eigenvalue weighted by molar-refractivity contribution is 7.47. The summed E-state index contributed by atoms with van der Waals surface area (Å²) in [5, 5.41) is 0. The van der Waals surface area contributed by atoms with Crippen molar-refractivity contribution in [2.45, 2.75) is 32.6 Å². The number of carbonyl (C=O) groups is 1. The Labute approximate surface area is 127 Å². The van der Waals surface area contributed by atoms with Gasteiger partial charge in [-0.1, -0.05) is 6.42 Å². The van der Waals surface area contributed by atoms with Crippen molar-refractivity contribution in [2.24, 2.45) is 0 Å². The van der Waals surface area contributed by atoms with Gasteiger partial charge >= 0.3 is 13.8 Å². The quantitative estimate of drug-likeness (QED) is 0.255. The maximum atomic E-state index is 11.6. The van der Waals surface area contributed by atoms with Gasteiger partial charge in [-0.15, -0.1) is 0 Å². The molecule has 0 fully saturated rings. The first-order valence-electron chi connectivity index (χ1n) is 7.24. The van der Waals surface area contributed by atoms with Crippen LogP contribution in [-0.4, -0.2) is 62.9 Å².